The Balaban J connectivity index is 2.07. The first-order valence-electron chi connectivity index (χ1n) is 5.89. The van der Waals surface area contributed by atoms with Gasteiger partial charge in [-0.05, 0) is 30.4 Å². The summed E-state index contributed by atoms with van der Waals surface area (Å²) in [5, 5.41) is 0. The molecule has 17 heavy (non-hydrogen) atoms. The Morgan fingerprint density at radius 1 is 1.47 bits per heavy atom. The van der Waals surface area contributed by atoms with Crippen LogP contribution in [0.3, 0.4) is 0 Å². The molecule has 0 bridgehead atoms. The maximum atomic E-state index is 13.5. The Labute approximate surface area is 99.8 Å². The number of hydrogen-bond donors (Lipinski definition) is 1. The van der Waals surface area contributed by atoms with Crippen LogP contribution in [0.25, 0.3) is 0 Å². The molecule has 1 aliphatic heterocycles. The molecule has 2 nitrogen and oxygen atoms in total. The van der Waals surface area contributed by atoms with Gasteiger partial charge in [-0.1, -0.05) is 19.1 Å². The zero-order valence-electron chi connectivity index (χ0n) is 9.83. The predicted octanol–water partition coefficient (Wildman–Crippen LogP) is 2.26. The van der Waals surface area contributed by atoms with Crippen molar-refractivity contribution in [2.75, 3.05) is 6.61 Å². The van der Waals surface area contributed by atoms with Crippen molar-refractivity contribution in [2.24, 2.45) is 11.7 Å². The molecule has 3 unspecified atom stereocenters. The monoisotopic (exact) mass is 241 g/mol. The molecule has 0 spiro atoms. The summed E-state index contributed by atoms with van der Waals surface area (Å²) >= 11 is 0. The molecule has 0 aliphatic carbocycles. The Morgan fingerprint density at radius 3 is 2.88 bits per heavy atom. The van der Waals surface area contributed by atoms with Gasteiger partial charge in [0, 0.05) is 12.6 Å². The minimum absolute atomic E-state index is 0.0577. The standard InChI is InChI=1S/C13H17F2NO/c1-8-5-6-17-13(8)11(16)7-9-3-2-4-10(14)12(9)15/h2-4,8,11,13H,5-7,16H2,1H3. The molecule has 3 atom stereocenters. The number of halogens is 2. The minimum Gasteiger partial charge on any atom is -0.376 e. The van der Waals surface area contributed by atoms with Crippen LogP contribution >= 0.6 is 0 Å². The van der Waals surface area contributed by atoms with Crippen LogP contribution in [0.1, 0.15) is 18.9 Å². The lowest BCUT2D eigenvalue weighted by atomic mass is 9.93. The largest absolute Gasteiger partial charge is 0.376 e. The quantitative estimate of drug-likeness (QED) is 0.881. The molecule has 94 valence electrons. The highest BCUT2D eigenvalue weighted by molar-refractivity contribution is 5.20. The van der Waals surface area contributed by atoms with E-state index in [1.165, 1.54) is 6.07 Å². The molecular weight excluding hydrogens is 224 g/mol. The molecular formula is C13H17F2NO. The van der Waals surface area contributed by atoms with Crippen LogP contribution in [0.2, 0.25) is 0 Å². The molecule has 1 heterocycles. The number of ether oxygens (including phenoxy) is 1. The van der Waals surface area contributed by atoms with Crippen LogP contribution in [0.4, 0.5) is 8.78 Å². The van der Waals surface area contributed by atoms with E-state index < -0.39 is 11.6 Å². The molecule has 2 N–H and O–H groups in total. The summed E-state index contributed by atoms with van der Waals surface area (Å²) in [6.45, 7) is 2.77. The summed E-state index contributed by atoms with van der Waals surface area (Å²) in [5.41, 5.74) is 6.33. The minimum atomic E-state index is -0.824. The maximum absolute atomic E-state index is 13.5. The highest BCUT2D eigenvalue weighted by Gasteiger charge is 2.30. The average Bonchev–Trinajstić information content (AvgIpc) is 2.71. The summed E-state index contributed by atoms with van der Waals surface area (Å²) in [6, 6.07) is 3.89. The molecule has 1 fully saturated rings. The van der Waals surface area contributed by atoms with Crippen LogP contribution in [-0.2, 0) is 11.2 Å². The molecule has 0 aromatic heterocycles. The molecule has 1 saturated heterocycles. The molecule has 2 rings (SSSR count). The molecule has 1 aromatic carbocycles. The molecule has 0 saturated carbocycles. The SMILES string of the molecule is CC1CCOC1C(N)Cc1cccc(F)c1F. The molecule has 0 amide bonds. The van der Waals surface area contributed by atoms with Crippen molar-refractivity contribution in [2.45, 2.75) is 31.9 Å². The highest BCUT2D eigenvalue weighted by atomic mass is 19.2. The van der Waals surface area contributed by atoms with Gasteiger partial charge in [-0.15, -0.1) is 0 Å². The van der Waals surface area contributed by atoms with E-state index in [9.17, 15) is 8.78 Å². The third kappa shape index (κ3) is 2.64. The Hall–Kier alpha value is -1.00. The van der Waals surface area contributed by atoms with Crippen molar-refractivity contribution < 1.29 is 13.5 Å². The van der Waals surface area contributed by atoms with Crippen molar-refractivity contribution >= 4 is 0 Å². The lowest BCUT2D eigenvalue weighted by molar-refractivity contribution is 0.0724. The van der Waals surface area contributed by atoms with Gasteiger partial charge >= 0.3 is 0 Å². The van der Waals surface area contributed by atoms with Crippen LogP contribution in [0.5, 0.6) is 0 Å². The van der Waals surface area contributed by atoms with Crippen LogP contribution < -0.4 is 5.73 Å². The number of benzene rings is 1. The van der Waals surface area contributed by atoms with Gasteiger partial charge in [-0.25, -0.2) is 8.78 Å². The Morgan fingerprint density at radius 2 is 2.24 bits per heavy atom. The molecule has 1 aliphatic rings. The predicted molar refractivity (Wildman–Crippen MR) is 61.6 cm³/mol. The van der Waals surface area contributed by atoms with Crippen LogP contribution in [0, 0.1) is 17.6 Å². The maximum Gasteiger partial charge on any atom is 0.162 e. The summed E-state index contributed by atoms with van der Waals surface area (Å²) < 4.78 is 32.0. The van der Waals surface area contributed by atoms with Gasteiger partial charge in [0.05, 0.1) is 6.10 Å². The molecule has 4 heteroatoms. The summed E-state index contributed by atoms with van der Waals surface area (Å²) in [4.78, 5) is 0. The molecule has 1 aromatic rings. The summed E-state index contributed by atoms with van der Waals surface area (Å²) in [7, 11) is 0. The van der Waals surface area contributed by atoms with Gasteiger partial charge in [0.1, 0.15) is 0 Å². The second-order valence-electron chi connectivity index (χ2n) is 4.68. The van der Waals surface area contributed by atoms with Gasteiger partial charge in [0.25, 0.3) is 0 Å². The first kappa shape index (κ1) is 12.5. The van der Waals surface area contributed by atoms with Crippen molar-refractivity contribution in [3.63, 3.8) is 0 Å². The fourth-order valence-corrected chi connectivity index (χ4v) is 2.34. The average molecular weight is 241 g/mol. The van der Waals surface area contributed by atoms with Crippen molar-refractivity contribution in [3.05, 3.63) is 35.4 Å². The van der Waals surface area contributed by atoms with Crippen molar-refractivity contribution in [1.82, 2.24) is 0 Å². The van der Waals surface area contributed by atoms with E-state index in [1.807, 2.05) is 0 Å². The third-order valence-electron chi connectivity index (χ3n) is 3.35. The van der Waals surface area contributed by atoms with Crippen molar-refractivity contribution in [3.8, 4) is 0 Å². The Kier molecular flexibility index (Phi) is 3.74. The van der Waals surface area contributed by atoms with Crippen molar-refractivity contribution in [1.29, 1.82) is 0 Å². The number of hydrogen-bond acceptors (Lipinski definition) is 2. The lowest BCUT2D eigenvalue weighted by Gasteiger charge is -2.22. The lowest BCUT2D eigenvalue weighted by Crippen LogP contribution is -2.39. The number of nitrogens with two attached hydrogens (primary N) is 1. The zero-order valence-corrected chi connectivity index (χ0v) is 9.83. The van der Waals surface area contributed by atoms with Gasteiger partial charge in [0.15, 0.2) is 11.6 Å². The van der Waals surface area contributed by atoms with Crippen LogP contribution in [-0.4, -0.2) is 18.8 Å². The van der Waals surface area contributed by atoms with E-state index in [0.29, 0.717) is 24.5 Å². The second kappa shape index (κ2) is 5.10. The first-order chi connectivity index (χ1) is 8.09. The fourth-order valence-electron chi connectivity index (χ4n) is 2.34. The molecule has 0 radical (unpaired) electrons. The first-order valence-corrected chi connectivity index (χ1v) is 5.89. The van der Waals surface area contributed by atoms with E-state index in [-0.39, 0.29) is 12.1 Å². The normalized spacial score (nSPS) is 26.1. The zero-order chi connectivity index (χ0) is 12.4. The topological polar surface area (TPSA) is 35.2 Å². The van der Waals surface area contributed by atoms with E-state index in [1.54, 1.807) is 6.07 Å². The highest BCUT2D eigenvalue weighted by Crippen LogP contribution is 2.24. The van der Waals surface area contributed by atoms with E-state index in [4.69, 9.17) is 10.5 Å². The summed E-state index contributed by atoms with van der Waals surface area (Å²) in [5.74, 6) is -1.25. The fraction of sp³-hybridized carbons (Fsp3) is 0.538. The summed E-state index contributed by atoms with van der Waals surface area (Å²) in [6.07, 6.45) is 1.22. The van der Waals surface area contributed by atoms with E-state index in [0.717, 1.165) is 12.5 Å². The van der Waals surface area contributed by atoms with Crippen LogP contribution in [0.15, 0.2) is 18.2 Å². The van der Waals surface area contributed by atoms with E-state index >= 15 is 0 Å². The van der Waals surface area contributed by atoms with Gasteiger partial charge in [-0.2, -0.15) is 0 Å². The second-order valence-corrected chi connectivity index (χ2v) is 4.68. The van der Waals surface area contributed by atoms with Gasteiger partial charge in [-0.3, -0.25) is 0 Å². The third-order valence-corrected chi connectivity index (χ3v) is 3.35. The van der Waals surface area contributed by atoms with Gasteiger partial charge < -0.3 is 10.5 Å². The van der Waals surface area contributed by atoms with E-state index in [2.05, 4.69) is 6.92 Å². The smallest absolute Gasteiger partial charge is 0.162 e. The number of rotatable bonds is 3. The van der Waals surface area contributed by atoms with Gasteiger partial charge in [0.2, 0.25) is 0 Å². The Bertz CT molecular complexity index is 397.